The zero-order chi connectivity index (χ0) is 21.1. The zero-order valence-electron chi connectivity index (χ0n) is 14.8. The maximum atomic E-state index is 13.2. The summed E-state index contributed by atoms with van der Waals surface area (Å²) >= 11 is 12.3. The first kappa shape index (κ1) is 21.9. The fraction of sp³-hybridized carbons (Fsp3) is 0.235. The number of hydrogen-bond acceptors (Lipinski definition) is 6. The smallest absolute Gasteiger partial charge is 0.327 e. The fourth-order valence-electron chi connectivity index (χ4n) is 2.31. The van der Waals surface area contributed by atoms with Crippen molar-refractivity contribution in [2.24, 2.45) is 0 Å². The second-order valence-electron chi connectivity index (χ2n) is 5.88. The Bertz CT molecular complexity index is 990. The molecule has 0 aromatic heterocycles. The number of non-ortho nitro benzene ring substituents is 1. The number of benzene rings is 2. The highest BCUT2D eigenvalue weighted by Gasteiger charge is 2.32. The van der Waals surface area contributed by atoms with E-state index in [-0.39, 0.29) is 15.7 Å². The normalized spacial score (nSPS) is 11.3. The maximum absolute atomic E-state index is 13.2. The van der Waals surface area contributed by atoms with Gasteiger partial charge in [0.25, 0.3) is 15.7 Å². The van der Waals surface area contributed by atoms with Crippen LogP contribution >= 0.6 is 23.2 Å². The topological polar surface area (TPSA) is 107 Å². The molecule has 150 valence electrons. The van der Waals surface area contributed by atoms with Gasteiger partial charge in [0, 0.05) is 12.1 Å². The number of carbonyl (C=O) groups is 1. The third-order valence-corrected chi connectivity index (χ3v) is 5.79. The van der Waals surface area contributed by atoms with E-state index < -0.39 is 44.1 Å². The Morgan fingerprint density at radius 2 is 1.75 bits per heavy atom. The Morgan fingerprint density at radius 1 is 1.18 bits per heavy atom. The molecule has 0 radical (unpaired) electrons. The number of carbonyl (C=O) groups excluding carboxylic acids is 1. The average molecular weight is 447 g/mol. The molecular formula is C17H16Cl2N2O6S. The van der Waals surface area contributed by atoms with Crippen LogP contribution in [0.5, 0.6) is 0 Å². The van der Waals surface area contributed by atoms with E-state index >= 15 is 0 Å². The van der Waals surface area contributed by atoms with Crippen LogP contribution in [0.1, 0.15) is 13.8 Å². The molecule has 0 unspecified atom stereocenters. The number of nitrogens with zero attached hydrogens (tertiary/aromatic N) is 2. The van der Waals surface area contributed by atoms with E-state index in [2.05, 4.69) is 0 Å². The van der Waals surface area contributed by atoms with E-state index in [4.69, 9.17) is 27.9 Å². The van der Waals surface area contributed by atoms with Gasteiger partial charge in [0.1, 0.15) is 6.54 Å². The minimum absolute atomic E-state index is 0.0150. The monoisotopic (exact) mass is 446 g/mol. The fourth-order valence-corrected chi connectivity index (χ4v) is 4.50. The molecule has 0 aliphatic rings. The quantitative estimate of drug-likeness (QED) is 0.360. The predicted molar refractivity (Wildman–Crippen MR) is 105 cm³/mol. The Kier molecular flexibility index (Phi) is 6.87. The van der Waals surface area contributed by atoms with Crippen molar-refractivity contribution in [1.82, 2.24) is 0 Å². The van der Waals surface area contributed by atoms with Gasteiger partial charge >= 0.3 is 5.97 Å². The number of para-hydroxylation sites is 1. The van der Waals surface area contributed by atoms with Crippen molar-refractivity contribution in [3.05, 3.63) is 62.6 Å². The van der Waals surface area contributed by atoms with Crippen molar-refractivity contribution >= 4 is 50.6 Å². The minimum atomic E-state index is -4.43. The molecule has 0 N–H and O–H groups in total. The molecule has 0 heterocycles. The minimum Gasteiger partial charge on any atom is -0.462 e. The van der Waals surface area contributed by atoms with Gasteiger partial charge in [-0.1, -0.05) is 35.3 Å². The molecule has 0 bridgehead atoms. The number of nitro groups is 1. The van der Waals surface area contributed by atoms with Crippen LogP contribution in [0.15, 0.2) is 47.4 Å². The van der Waals surface area contributed by atoms with E-state index in [0.29, 0.717) is 4.31 Å². The Labute approximate surface area is 171 Å². The highest BCUT2D eigenvalue weighted by Crippen LogP contribution is 2.37. The van der Waals surface area contributed by atoms with Crippen molar-refractivity contribution in [3.63, 3.8) is 0 Å². The molecule has 2 aromatic rings. The van der Waals surface area contributed by atoms with E-state index in [1.807, 2.05) is 0 Å². The second-order valence-corrected chi connectivity index (χ2v) is 8.55. The molecule has 0 aliphatic carbocycles. The van der Waals surface area contributed by atoms with Gasteiger partial charge < -0.3 is 4.74 Å². The van der Waals surface area contributed by atoms with Gasteiger partial charge in [0.15, 0.2) is 0 Å². The summed E-state index contributed by atoms with van der Waals surface area (Å²) in [6.45, 7) is 2.51. The summed E-state index contributed by atoms with van der Waals surface area (Å²) in [5, 5.41) is 11.0. The lowest BCUT2D eigenvalue weighted by atomic mass is 10.3. The number of halogens is 2. The van der Waals surface area contributed by atoms with Crippen LogP contribution in [0, 0.1) is 10.1 Å². The maximum Gasteiger partial charge on any atom is 0.327 e. The van der Waals surface area contributed by atoms with Crippen LogP contribution in [0.3, 0.4) is 0 Å². The molecule has 28 heavy (non-hydrogen) atoms. The Morgan fingerprint density at radius 3 is 2.29 bits per heavy atom. The van der Waals surface area contributed by atoms with E-state index in [9.17, 15) is 23.3 Å². The van der Waals surface area contributed by atoms with Crippen LogP contribution in [-0.2, 0) is 19.6 Å². The molecule has 0 fully saturated rings. The molecule has 2 rings (SSSR count). The molecule has 0 saturated heterocycles. The van der Waals surface area contributed by atoms with Crippen LogP contribution in [0.2, 0.25) is 10.0 Å². The number of hydrogen-bond donors (Lipinski definition) is 0. The largest absolute Gasteiger partial charge is 0.462 e. The lowest BCUT2D eigenvalue weighted by Crippen LogP contribution is -2.37. The predicted octanol–water partition coefficient (Wildman–Crippen LogP) is 4.05. The number of ether oxygens (including phenoxy) is 1. The van der Waals surface area contributed by atoms with E-state index in [1.165, 1.54) is 30.3 Å². The Hall–Kier alpha value is -2.36. The van der Waals surface area contributed by atoms with Crippen molar-refractivity contribution in [2.45, 2.75) is 24.8 Å². The molecule has 0 spiro atoms. The van der Waals surface area contributed by atoms with Crippen LogP contribution in [0.25, 0.3) is 0 Å². The van der Waals surface area contributed by atoms with Crippen molar-refractivity contribution in [3.8, 4) is 0 Å². The van der Waals surface area contributed by atoms with Crippen molar-refractivity contribution in [1.29, 1.82) is 0 Å². The van der Waals surface area contributed by atoms with E-state index in [1.54, 1.807) is 13.8 Å². The summed E-state index contributed by atoms with van der Waals surface area (Å²) in [6.07, 6.45) is -0.475. The lowest BCUT2D eigenvalue weighted by Gasteiger charge is -2.25. The molecule has 0 aliphatic heterocycles. The molecule has 0 saturated carbocycles. The SMILES string of the molecule is CC(C)OC(=O)CN(c1c(Cl)cccc1Cl)S(=O)(=O)c1cccc([N+](=O)[O-])c1. The molecule has 11 heteroatoms. The summed E-state index contributed by atoms with van der Waals surface area (Å²) in [6, 6.07) is 8.77. The summed E-state index contributed by atoms with van der Waals surface area (Å²) < 4.78 is 32.1. The van der Waals surface area contributed by atoms with Crippen LogP contribution in [-0.4, -0.2) is 32.0 Å². The third kappa shape index (κ3) is 4.92. The summed E-state index contributed by atoms with van der Waals surface area (Å²) in [4.78, 5) is 22.1. The standard InChI is InChI=1S/C17H16Cl2N2O6S/c1-11(2)27-16(22)10-20(17-14(18)7-4-8-15(17)19)28(25,26)13-6-3-5-12(9-13)21(23)24/h3-9,11H,10H2,1-2H3. The van der Waals surface area contributed by atoms with Gasteiger partial charge in [0.2, 0.25) is 0 Å². The number of nitro benzene ring substituents is 1. The van der Waals surface area contributed by atoms with E-state index in [0.717, 1.165) is 12.1 Å². The van der Waals surface area contributed by atoms with Crippen molar-refractivity contribution < 1.29 is 22.9 Å². The number of anilines is 1. The molecule has 0 amide bonds. The molecule has 8 nitrogen and oxygen atoms in total. The first-order valence-electron chi connectivity index (χ1n) is 7.94. The molecular weight excluding hydrogens is 431 g/mol. The van der Waals surface area contributed by atoms with Gasteiger partial charge in [-0.3, -0.25) is 19.2 Å². The van der Waals surface area contributed by atoms with Gasteiger partial charge in [-0.2, -0.15) is 0 Å². The molecule has 0 atom stereocenters. The summed E-state index contributed by atoms with van der Waals surface area (Å²) in [7, 11) is -4.43. The van der Waals surface area contributed by atoms with Gasteiger partial charge in [0.05, 0.1) is 31.7 Å². The van der Waals surface area contributed by atoms with Crippen molar-refractivity contribution in [2.75, 3.05) is 10.8 Å². The van der Waals surface area contributed by atoms with Gasteiger partial charge in [-0.05, 0) is 32.0 Å². The Balaban J connectivity index is 2.62. The van der Waals surface area contributed by atoms with Gasteiger partial charge in [-0.25, -0.2) is 8.42 Å². The highest BCUT2D eigenvalue weighted by atomic mass is 35.5. The highest BCUT2D eigenvalue weighted by molar-refractivity contribution is 7.92. The number of sulfonamides is 1. The first-order chi connectivity index (χ1) is 13.0. The van der Waals surface area contributed by atoms with Crippen LogP contribution in [0.4, 0.5) is 11.4 Å². The number of esters is 1. The van der Waals surface area contributed by atoms with Crippen LogP contribution < -0.4 is 4.31 Å². The number of rotatable bonds is 7. The third-order valence-electron chi connectivity index (χ3n) is 3.44. The lowest BCUT2D eigenvalue weighted by molar-refractivity contribution is -0.385. The molecule has 2 aromatic carbocycles. The van der Waals surface area contributed by atoms with Gasteiger partial charge in [-0.15, -0.1) is 0 Å². The summed E-state index contributed by atoms with van der Waals surface area (Å²) in [5.74, 6) is -0.833. The second kappa shape index (κ2) is 8.76. The average Bonchev–Trinajstić information content (AvgIpc) is 2.60. The first-order valence-corrected chi connectivity index (χ1v) is 10.1. The zero-order valence-corrected chi connectivity index (χ0v) is 17.2. The summed E-state index contributed by atoms with van der Waals surface area (Å²) in [5.41, 5.74) is -0.547.